The standard InChI is InChI=1S/C35H32N6O9S2/c1-35(2,33(47)48)50-39-26(23-17-52-34(36)37-23)29(43)38-27-30(44)41-28(32(45)46)21(16-51-31(27)41)9-8-18-4-6-19(7-5-18)14-40-11-10-20-12-24(42)25(49-3)13-22(20)15-40/h4-13,15,17,27,31H,14,16H2,1-3H3,(H5,36,37,38,43,45,46,47,48)/p+1/b9-8-,39-26-. The van der Waals surface area contributed by atoms with E-state index in [4.69, 9.17) is 15.3 Å². The molecule has 15 nitrogen and oxygen atoms in total. The number of carboxylic acid groups (broad SMARTS) is 2. The predicted molar refractivity (Wildman–Crippen MR) is 192 cm³/mol. The van der Waals surface area contributed by atoms with Crippen molar-refractivity contribution in [1.29, 1.82) is 0 Å². The number of hydrogen-bond acceptors (Lipinski definition) is 12. The van der Waals surface area contributed by atoms with Gasteiger partial charge in [-0.2, -0.15) is 0 Å². The zero-order chi connectivity index (χ0) is 37.3. The van der Waals surface area contributed by atoms with Crippen molar-refractivity contribution in [3.05, 3.63) is 94.4 Å². The molecule has 4 aromatic rings. The number of aromatic nitrogens is 2. The highest BCUT2D eigenvalue weighted by Gasteiger charge is 2.54. The van der Waals surface area contributed by atoms with Crippen molar-refractivity contribution in [2.45, 2.75) is 37.4 Å². The number of amides is 2. The average Bonchev–Trinajstić information content (AvgIpc) is 3.54. The van der Waals surface area contributed by atoms with Crippen molar-refractivity contribution in [3.8, 4) is 11.5 Å². The molecule has 1 fully saturated rings. The van der Waals surface area contributed by atoms with Crippen molar-refractivity contribution in [2.75, 3.05) is 18.6 Å². The highest BCUT2D eigenvalue weighted by molar-refractivity contribution is 8.00. The minimum atomic E-state index is -1.78. The Labute approximate surface area is 304 Å². The second-order valence-electron chi connectivity index (χ2n) is 12.3. The number of thioether (sulfide) groups is 1. The second kappa shape index (κ2) is 14.4. The SMILES string of the molecule is COc1cc2c[n+](Cc3ccc(/C=C\C4=C(C(=O)O)N5C(=O)C(NC(=O)/C(=N\OC(C)(C)C(=O)O)c6csc(N)n6)C5SC4)cc3)ccc2cc1O. The third kappa shape index (κ3) is 7.26. The number of carbonyl (C=O) groups is 4. The van der Waals surface area contributed by atoms with E-state index in [1.54, 1.807) is 24.3 Å². The number of hydrogen-bond donors (Lipinski definition) is 5. The summed E-state index contributed by atoms with van der Waals surface area (Å²) in [6.45, 7) is 3.08. The summed E-state index contributed by atoms with van der Waals surface area (Å²) >= 11 is 2.30. The van der Waals surface area contributed by atoms with Gasteiger partial charge in [0.2, 0.25) is 5.60 Å². The summed E-state index contributed by atoms with van der Waals surface area (Å²) in [7, 11) is 1.50. The molecule has 17 heteroatoms. The van der Waals surface area contributed by atoms with Crippen LogP contribution in [-0.2, 0) is 30.6 Å². The van der Waals surface area contributed by atoms with Crippen LogP contribution in [0.2, 0.25) is 0 Å². The van der Waals surface area contributed by atoms with Crippen LogP contribution in [0, 0.1) is 0 Å². The lowest BCUT2D eigenvalue weighted by atomic mass is 10.0. The summed E-state index contributed by atoms with van der Waals surface area (Å²) in [5.41, 5.74) is 5.65. The summed E-state index contributed by atoms with van der Waals surface area (Å²) in [4.78, 5) is 60.9. The number of nitrogens with zero attached hydrogens (tertiary/aromatic N) is 4. The van der Waals surface area contributed by atoms with Gasteiger partial charge in [-0.3, -0.25) is 14.5 Å². The lowest BCUT2D eigenvalue weighted by Gasteiger charge is -2.49. The fourth-order valence-corrected chi connectivity index (χ4v) is 7.30. The second-order valence-corrected chi connectivity index (χ2v) is 14.3. The molecule has 2 aromatic carbocycles. The first-order valence-corrected chi connectivity index (χ1v) is 17.6. The number of phenols is 1. The van der Waals surface area contributed by atoms with Crippen LogP contribution < -0.4 is 20.4 Å². The Morgan fingerprint density at radius 1 is 1.15 bits per heavy atom. The molecule has 1 saturated heterocycles. The number of phenolic OH excluding ortho intramolecular Hbond substituents is 1. The summed E-state index contributed by atoms with van der Waals surface area (Å²) < 4.78 is 7.24. The van der Waals surface area contributed by atoms with Crippen LogP contribution >= 0.6 is 23.1 Å². The molecule has 6 N–H and O–H groups in total. The number of ether oxygens (including phenoxy) is 1. The normalized spacial score (nSPS) is 17.6. The van der Waals surface area contributed by atoms with Gasteiger partial charge in [-0.05, 0) is 42.5 Å². The first-order valence-electron chi connectivity index (χ1n) is 15.7. The average molecular weight is 746 g/mol. The molecule has 0 bridgehead atoms. The number of nitrogens with two attached hydrogens (primary N) is 1. The number of benzene rings is 2. The highest BCUT2D eigenvalue weighted by atomic mass is 32.2. The van der Waals surface area contributed by atoms with Gasteiger partial charge in [-0.1, -0.05) is 41.6 Å². The number of anilines is 1. The van der Waals surface area contributed by atoms with Crippen molar-refractivity contribution < 1.29 is 48.6 Å². The van der Waals surface area contributed by atoms with Crippen LogP contribution in [0.3, 0.4) is 0 Å². The molecule has 0 spiro atoms. The van der Waals surface area contributed by atoms with Crippen molar-refractivity contribution in [3.63, 3.8) is 0 Å². The van der Waals surface area contributed by atoms with Crippen LogP contribution in [0.1, 0.15) is 30.7 Å². The van der Waals surface area contributed by atoms with Gasteiger partial charge in [0.1, 0.15) is 22.8 Å². The van der Waals surface area contributed by atoms with E-state index in [-0.39, 0.29) is 28.0 Å². The molecule has 2 atom stereocenters. The fraction of sp³-hybridized carbons (Fsp3) is 0.229. The Kier molecular flexibility index (Phi) is 9.90. The van der Waals surface area contributed by atoms with Crippen LogP contribution in [0.4, 0.5) is 5.13 Å². The van der Waals surface area contributed by atoms with E-state index in [9.17, 15) is 34.5 Å². The molecule has 0 radical (unpaired) electrons. The topological polar surface area (TPSA) is 218 Å². The largest absolute Gasteiger partial charge is 0.504 e. The molecule has 4 heterocycles. The molecule has 268 valence electrons. The van der Waals surface area contributed by atoms with Gasteiger partial charge >= 0.3 is 11.9 Å². The number of pyridine rings is 1. The summed E-state index contributed by atoms with van der Waals surface area (Å²) in [6, 6.07) is 12.0. The van der Waals surface area contributed by atoms with E-state index in [1.165, 1.54) is 38.1 Å². The van der Waals surface area contributed by atoms with Gasteiger partial charge < -0.3 is 35.9 Å². The van der Waals surface area contributed by atoms with Crippen molar-refractivity contribution in [1.82, 2.24) is 15.2 Å². The number of carboxylic acids is 2. The maximum absolute atomic E-state index is 13.3. The van der Waals surface area contributed by atoms with E-state index < -0.39 is 46.5 Å². The van der Waals surface area contributed by atoms with Crippen LogP contribution in [-0.4, -0.2) is 84.5 Å². The Morgan fingerprint density at radius 2 is 1.90 bits per heavy atom. The van der Waals surface area contributed by atoms with Gasteiger partial charge in [-0.15, -0.1) is 23.1 Å². The minimum Gasteiger partial charge on any atom is -0.504 e. The number of fused-ring (bicyclic) bond motifs is 2. The Morgan fingerprint density at radius 3 is 2.56 bits per heavy atom. The summed E-state index contributed by atoms with van der Waals surface area (Å²) in [5.74, 6) is -3.41. The van der Waals surface area contributed by atoms with Gasteiger partial charge in [0, 0.05) is 28.1 Å². The number of nitrogens with one attached hydrogen (secondary N) is 1. The Balaban J connectivity index is 1.14. The highest BCUT2D eigenvalue weighted by Crippen LogP contribution is 2.41. The zero-order valence-corrected chi connectivity index (χ0v) is 29.6. The summed E-state index contributed by atoms with van der Waals surface area (Å²) in [5, 5.41) is 38.5. The number of aromatic hydroxyl groups is 1. The maximum Gasteiger partial charge on any atom is 0.352 e. The number of methoxy groups -OCH3 is 1. The lowest BCUT2D eigenvalue weighted by molar-refractivity contribution is -0.687. The molecule has 52 heavy (non-hydrogen) atoms. The number of carbonyl (C=O) groups excluding carboxylic acids is 2. The zero-order valence-electron chi connectivity index (χ0n) is 28.0. The predicted octanol–water partition coefficient (Wildman–Crippen LogP) is 2.96. The van der Waals surface area contributed by atoms with E-state index in [2.05, 4.69) is 15.5 Å². The Hall–Kier alpha value is -5.94. The number of β-lactam (4-membered cyclic amide) rings is 1. The molecule has 2 aliphatic heterocycles. The van der Waals surface area contributed by atoms with E-state index in [0.29, 0.717) is 17.9 Å². The molecule has 2 amide bonds. The molecular weight excluding hydrogens is 713 g/mol. The molecule has 2 aliphatic rings. The minimum absolute atomic E-state index is 0.0167. The van der Waals surface area contributed by atoms with E-state index in [1.807, 2.05) is 47.3 Å². The van der Waals surface area contributed by atoms with Gasteiger partial charge in [0.15, 0.2) is 41.3 Å². The lowest BCUT2D eigenvalue weighted by Crippen LogP contribution is -2.71. The number of nitrogen functional groups attached to an aromatic ring is 1. The van der Waals surface area contributed by atoms with E-state index in [0.717, 1.165) is 38.1 Å². The Bertz CT molecular complexity index is 2200. The van der Waals surface area contributed by atoms with Crippen LogP contribution in [0.25, 0.3) is 16.8 Å². The molecule has 0 aliphatic carbocycles. The number of allylic oxidation sites excluding steroid dienone is 1. The summed E-state index contributed by atoms with van der Waals surface area (Å²) in [6.07, 6.45) is 7.33. The first kappa shape index (κ1) is 35.9. The van der Waals surface area contributed by atoms with Gasteiger partial charge in [0.25, 0.3) is 11.8 Å². The quantitative estimate of drug-likeness (QED) is 0.0612. The van der Waals surface area contributed by atoms with Gasteiger partial charge in [0.05, 0.1) is 7.11 Å². The molecular formula is C35H33N6O9S2+. The number of thiazole rings is 1. The molecule has 2 aromatic heterocycles. The molecule has 2 unspecified atom stereocenters. The number of rotatable bonds is 12. The van der Waals surface area contributed by atoms with Crippen molar-refractivity contribution in [2.24, 2.45) is 5.16 Å². The smallest absolute Gasteiger partial charge is 0.352 e. The molecule has 6 rings (SSSR count). The molecule has 0 saturated carbocycles. The first-order chi connectivity index (χ1) is 24.7. The third-order valence-corrected chi connectivity index (χ3v) is 10.3. The monoisotopic (exact) mass is 745 g/mol. The maximum atomic E-state index is 13.3. The number of oxime groups is 1. The fourth-order valence-electron chi connectivity index (χ4n) is 5.44. The van der Waals surface area contributed by atoms with Crippen LogP contribution in [0.5, 0.6) is 11.5 Å². The number of aliphatic carboxylic acids is 2. The van der Waals surface area contributed by atoms with Crippen molar-refractivity contribution >= 4 is 74.5 Å². The van der Waals surface area contributed by atoms with Gasteiger partial charge in [-0.25, -0.2) is 19.1 Å². The third-order valence-electron chi connectivity index (χ3n) is 8.30. The van der Waals surface area contributed by atoms with Crippen LogP contribution in [0.15, 0.2) is 82.7 Å². The van der Waals surface area contributed by atoms with E-state index >= 15 is 0 Å².